The van der Waals surface area contributed by atoms with Gasteiger partial charge < -0.3 is 21.3 Å². The molecule has 0 unspecified atom stereocenters. The number of nitrogens with zero attached hydrogens (tertiary/aromatic N) is 2. The van der Waals surface area contributed by atoms with Gasteiger partial charge >= 0.3 is 0 Å². The first-order valence-electron chi connectivity index (χ1n) is 15.7. The van der Waals surface area contributed by atoms with Crippen LogP contribution in [-0.2, 0) is 11.2 Å². The Morgan fingerprint density at radius 2 is 1.75 bits per heavy atom. The van der Waals surface area contributed by atoms with Crippen molar-refractivity contribution in [2.45, 2.75) is 72.3 Å². The number of benzene rings is 2. The van der Waals surface area contributed by atoms with E-state index in [1.54, 1.807) is 16.7 Å². The van der Waals surface area contributed by atoms with Crippen molar-refractivity contribution >= 4 is 34.3 Å². The van der Waals surface area contributed by atoms with Crippen molar-refractivity contribution in [1.29, 1.82) is 0 Å². The van der Waals surface area contributed by atoms with Gasteiger partial charge in [-0.2, -0.15) is 0 Å². The molecule has 236 valence electrons. The zero-order valence-corrected chi connectivity index (χ0v) is 26.1. The summed E-state index contributed by atoms with van der Waals surface area (Å²) in [5, 5.41) is 7.05. The maximum atomic E-state index is 15.7. The molecule has 1 fully saturated rings. The highest BCUT2D eigenvalue weighted by Crippen LogP contribution is 2.44. The van der Waals surface area contributed by atoms with Crippen LogP contribution in [0.3, 0.4) is 0 Å². The lowest BCUT2D eigenvalue weighted by Crippen LogP contribution is -2.39. The number of hydrogen-bond acceptors (Lipinski definition) is 5. The summed E-state index contributed by atoms with van der Waals surface area (Å²) in [4.78, 5) is 40.7. The molecular formula is C34H43F2N5O3. The average molecular weight is 608 g/mol. The number of carbonyl (C=O) groups is 3. The highest BCUT2D eigenvalue weighted by atomic mass is 19.1. The zero-order chi connectivity index (χ0) is 31.8. The fourth-order valence-electron chi connectivity index (χ4n) is 6.95. The van der Waals surface area contributed by atoms with Gasteiger partial charge in [0, 0.05) is 48.1 Å². The van der Waals surface area contributed by atoms with Crippen molar-refractivity contribution in [2.75, 3.05) is 31.5 Å². The van der Waals surface area contributed by atoms with E-state index in [0.717, 1.165) is 19.6 Å². The second-order valence-corrected chi connectivity index (χ2v) is 13.0. The van der Waals surface area contributed by atoms with E-state index in [0.29, 0.717) is 72.8 Å². The standard InChI is InChI=1S/C34H43F2N5O3/c1-5-40(6-2)14-13-38-33(44)20-7-10-23(11-8-20)39-26-16-21(15-25(36)31(26)32(37)43)30-24-12-9-22(35)17-27(24)41-28(30)18-34(3,4)19-29(41)42/h9,12,15-17,20,23,39H,5-8,10-11,13-14,18-19H2,1-4H3,(H2,37,43)(H,38,44)/t20-,23-. The first-order valence-corrected chi connectivity index (χ1v) is 15.7. The molecule has 0 radical (unpaired) electrons. The molecular weight excluding hydrogens is 564 g/mol. The number of likely N-dealkylation sites (N-methyl/N-ethyl adjacent to an activating group) is 1. The van der Waals surface area contributed by atoms with Crippen LogP contribution in [0.15, 0.2) is 30.3 Å². The first-order chi connectivity index (χ1) is 20.9. The van der Waals surface area contributed by atoms with Gasteiger partial charge in [-0.05, 0) is 86.5 Å². The number of fused-ring (bicyclic) bond motifs is 3. The Balaban J connectivity index is 1.42. The van der Waals surface area contributed by atoms with Crippen LogP contribution in [0.4, 0.5) is 14.5 Å². The van der Waals surface area contributed by atoms with Crippen LogP contribution < -0.4 is 16.4 Å². The summed E-state index contributed by atoms with van der Waals surface area (Å²) < 4.78 is 31.6. The summed E-state index contributed by atoms with van der Waals surface area (Å²) in [6.07, 6.45) is 3.52. The molecule has 2 aliphatic rings. The SMILES string of the molecule is CCN(CC)CCNC(=O)[C@H]1CC[C@H](Nc2cc(-c3c4n(c5cc(F)ccc35)C(=O)CC(C)(C)C4)cc(F)c2C(N)=O)CC1. The molecule has 10 heteroatoms. The lowest BCUT2D eigenvalue weighted by molar-refractivity contribution is -0.126. The highest BCUT2D eigenvalue weighted by Gasteiger charge is 2.36. The second kappa shape index (κ2) is 12.7. The van der Waals surface area contributed by atoms with Gasteiger partial charge in [-0.25, -0.2) is 8.78 Å². The van der Waals surface area contributed by atoms with Crippen LogP contribution in [0, 0.1) is 23.0 Å². The Morgan fingerprint density at radius 3 is 2.41 bits per heavy atom. The summed E-state index contributed by atoms with van der Waals surface area (Å²) in [7, 11) is 0. The largest absolute Gasteiger partial charge is 0.382 e. The molecule has 2 heterocycles. The number of aromatic nitrogens is 1. The van der Waals surface area contributed by atoms with Crippen LogP contribution in [0.1, 0.15) is 80.6 Å². The summed E-state index contributed by atoms with van der Waals surface area (Å²) in [6, 6.07) is 7.18. The summed E-state index contributed by atoms with van der Waals surface area (Å²) in [6.45, 7) is 11.5. The minimum Gasteiger partial charge on any atom is -0.382 e. The zero-order valence-electron chi connectivity index (χ0n) is 26.1. The number of nitrogens with one attached hydrogen (secondary N) is 2. The molecule has 0 spiro atoms. The molecule has 5 rings (SSSR count). The Hall–Kier alpha value is -3.79. The van der Waals surface area contributed by atoms with Gasteiger partial charge in [-0.1, -0.05) is 27.7 Å². The number of amides is 2. The summed E-state index contributed by atoms with van der Waals surface area (Å²) >= 11 is 0. The van der Waals surface area contributed by atoms with Crippen molar-refractivity contribution in [3.8, 4) is 11.1 Å². The smallest absolute Gasteiger partial charge is 0.253 e. The molecule has 0 saturated heterocycles. The van der Waals surface area contributed by atoms with Crippen LogP contribution in [0.5, 0.6) is 0 Å². The van der Waals surface area contributed by atoms with Crippen molar-refractivity contribution < 1.29 is 23.2 Å². The predicted octanol–water partition coefficient (Wildman–Crippen LogP) is 5.73. The summed E-state index contributed by atoms with van der Waals surface area (Å²) in [5.74, 6) is -2.30. The van der Waals surface area contributed by atoms with Gasteiger partial charge in [-0.15, -0.1) is 0 Å². The minimum atomic E-state index is -0.889. The number of nitrogens with two attached hydrogens (primary N) is 1. The average Bonchev–Trinajstić information content (AvgIpc) is 3.27. The molecule has 0 bridgehead atoms. The molecule has 1 aliphatic heterocycles. The molecule has 0 atom stereocenters. The molecule has 1 saturated carbocycles. The predicted molar refractivity (Wildman–Crippen MR) is 169 cm³/mol. The highest BCUT2D eigenvalue weighted by molar-refractivity contribution is 6.06. The Morgan fingerprint density at radius 1 is 1.05 bits per heavy atom. The van der Waals surface area contributed by atoms with Crippen molar-refractivity contribution in [1.82, 2.24) is 14.8 Å². The topological polar surface area (TPSA) is 109 Å². The molecule has 2 amide bonds. The maximum Gasteiger partial charge on any atom is 0.253 e. The third-order valence-corrected chi connectivity index (χ3v) is 9.26. The van der Waals surface area contributed by atoms with Crippen molar-refractivity contribution in [3.63, 3.8) is 0 Å². The van der Waals surface area contributed by atoms with Gasteiger partial charge in [0.05, 0.1) is 16.8 Å². The minimum absolute atomic E-state index is 0.0562. The van der Waals surface area contributed by atoms with Gasteiger partial charge in [0.15, 0.2) is 0 Å². The second-order valence-electron chi connectivity index (χ2n) is 13.0. The van der Waals surface area contributed by atoms with E-state index in [4.69, 9.17) is 5.73 Å². The fourth-order valence-corrected chi connectivity index (χ4v) is 6.95. The van der Waals surface area contributed by atoms with Gasteiger partial charge in [0.2, 0.25) is 11.8 Å². The van der Waals surface area contributed by atoms with E-state index in [9.17, 15) is 18.8 Å². The van der Waals surface area contributed by atoms with Crippen LogP contribution in [0.25, 0.3) is 22.0 Å². The number of halogens is 2. The van der Waals surface area contributed by atoms with E-state index in [2.05, 4.69) is 29.4 Å². The van der Waals surface area contributed by atoms with Gasteiger partial charge in [0.25, 0.3) is 5.91 Å². The number of anilines is 1. The van der Waals surface area contributed by atoms with Gasteiger partial charge in [-0.3, -0.25) is 19.0 Å². The van der Waals surface area contributed by atoms with Crippen LogP contribution in [-0.4, -0.2) is 59.4 Å². The maximum absolute atomic E-state index is 15.7. The van der Waals surface area contributed by atoms with E-state index >= 15 is 4.39 Å². The van der Waals surface area contributed by atoms with Crippen molar-refractivity contribution in [3.05, 3.63) is 53.2 Å². The molecule has 44 heavy (non-hydrogen) atoms. The number of hydrogen-bond donors (Lipinski definition) is 3. The van der Waals surface area contributed by atoms with Gasteiger partial charge in [0.1, 0.15) is 11.6 Å². The normalized spacial score (nSPS) is 19.7. The van der Waals surface area contributed by atoms with E-state index in [1.165, 1.54) is 18.2 Å². The Bertz CT molecular complexity index is 1590. The number of rotatable bonds is 10. The summed E-state index contributed by atoms with van der Waals surface area (Å²) in [5.41, 5.74) is 7.61. The molecule has 1 aromatic heterocycles. The quantitative estimate of drug-likeness (QED) is 0.273. The number of primary amides is 1. The number of carbonyl (C=O) groups excluding carboxylic acids is 3. The molecule has 3 aromatic rings. The monoisotopic (exact) mass is 607 g/mol. The van der Waals surface area contributed by atoms with E-state index < -0.39 is 17.5 Å². The molecule has 4 N–H and O–H groups in total. The third-order valence-electron chi connectivity index (χ3n) is 9.26. The fraction of sp³-hybridized carbons (Fsp3) is 0.500. The molecule has 1 aliphatic carbocycles. The van der Waals surface area contributed by atoms with Crippen molar-refractivity contribution in [2.24, 2.45) is 17.1 Å². The lowest BCUT2D eigenvalue weighted by Gasteiger charge is -2.31. The lowest BCUT2D eigenvalue weighted by atomic mass is 9.80. The van der Waals surface area contributed by atoms with Crippen LogP contribution >= 0.6 is 0 Å². The van der Waals surface area contributed by atoms with E-state index in [-0.39, 0.29) is 40.4 Å². The molecule has 8 nitrogen and oxygen atoms in total. The third kappa shape index (κ3) is 6.36. The molecule has 2 aromatic carbocycles. The van der Waals surface area contributed by atoms with Crippen LogP contribution in [0.2, 0.25) is 0 Å². The Kier molecular flexibility index (Phi) is 9.11. The first kappa shape index (κ1) is 31.6. The Labute approximate surface area is 257 Å². The van der Waals surface area contributed by atoms with E-state index in [1.807, 2.05) is 13.8 Å².